The van der Waals surface area contributed by atoms with E-state index in [0.717, 1.165) is 38.0 Å². The molecule has 9 nitrogen and oxygen atoms in total. The number of likely N-dealkylation sites (tertiary alicyclic amines) is 1. The number of anilines is 2. The smallest absolute Gasteiger partial charge is 0.270 e. The molecule has 0 bridgehead atoms. The van der Waals surface area contributed by atoms with Gasteiger partial charge >= 0.3 is 0 Å². The van der Waals surface area contributed by atoms with Gasteiger partial charge in [0.1, 0.15) is 5.75 Å². The van der Waals surface area contributed by atoms with Gasteiger partial charge < -0.3 is 19.9 Å². The Labute approximate surface area is 198 Å². The molecule has 2 fully saturated rings. The van der Waals surface area contributed by atoms with Gasteiger partial charge in [0.05, 0.1) is 29.0 Å². The van der Waals surface area contributed by atoms with E-state index in [9.17, 15) is 19.7 Å². The summed E-state index contributed by atoms with van der Waals surface area (Å²) in [5.74, 6) is 0.0637. The molecular formula is C25H30N4O5. The molecule has 180 valence electrons. The van der Waals surface area contributed by atoms with E-state index in [4.69, 9.17) is 4.74 Å². The van der Waals surface area contributed by atoms with Gasteiger partial charge in [-0.05, 0) is 50.3 Å². The lowest BCUT2D eigenvalue weighted by atomic mass is 9.95. The number of non-ortho nitro benzene ring substituents is 1. The van der Waals surface area contributed by atoms with E-state index >= 15 is 0 Å². The number of nitrogens with one attached hydrogen (secondary N) is 1. The number of rotatable bonds is 6. The minimum absolute atomic E-state index is 0.0878. The van der Waals surface area contributed by atoms with Crippen molar-refractivity contribution in [1.29, 1.82) is 0 Å². The second-order valence-corrected chi connectivity index (χ2v) is 8.76. The highest BCUT2D eigenvalue weighted by atomic mass is 16.6. The zero-order chi connectivity index (χ0) is 24.1. The second-order valence-electron chi connectivity index (χ2n) is 8.76. The van der Waals surface area contributed by atoms with Crippen LogP contribution in [0.3, 0.4) is 0 Å². The van der Waals surface area contributed by atoms with Crippen molar-refractivity contribution in [3.63, 3.8) is 0 Å². The quantitative estimate of drug-likeness (QED) is 0.508. The number of methoxy groups -OCH3 is 1. The fraction of sp³-hybridized carbons (Fsp3) is 0.440. The van der Waals surface area contributed by atoms with Crippen LogP contribution in [0.15, 0.2) is 42.5 Å². The molecule has 0 unspecified atom stereocenters. The van der Waals surface area contributed by atoms with Gasteiger partial charge in [-0.15, -0.1) is 0 Å². The molecule has 2 aliphatic rings. The van der Waals surface area contributed by atoms with E-state index in [1.807, 2.05) is 12.1 Å². The Morgan fingerprint density at radius 1 is 1.03 bits per heavy atom. The lowest BCUT2D eigenvalue weighted by molar-refractivity contribution is -0.384. The van der Waals surface area contributed by atoms with Crippen LogP contribution in [0.1, 0.15) is 42.5 Å². The number of benzene rings is 2. The van der Waals surface area contributed by atoms with Crippen molar-refractivity contribution in [1.82, 2.24) is 4.90 Å². The number of piperidine rings is 2. The van der Waals surface area contributed by atoms with E-state index in [1.165, 1.54) is 12.1 Å². The normalized spacial score (nSPS) is 16.7. The first-order chi connectivity index (χ1) is 16.5. The van der Waals surface area contributed by atoms with Crippen LogP contribution in [0.25, 0.3) is 0 Å². The number of nitro groups is 1. The minimum atomic E-state index is -0.467. The number of carbonyl (C=O) groups excluding carboxylic acids is 2. The van der Waals surface area contributed by atoms with Crippen molar-refractivity contribution < 1.29 is 19.2 Å². The number of amides is 2. The molecule has 0 atom stereocenters. The second kappa shape index (κ2) is 10.5. The Hall–Kier alpha value is -3.62. The zero-order valence-electron chi connectivity index (χ0n) is 19.4. The van der Waals surface area contributed by atoms with Gasteiger partial charge in [0.2, 0.25) is 5.91 Å². The van der Waals surface area contributed by atoms with Crippen molar-refractivity contribution in [3.05, 3.63) is 58.1 Å². The Morgan fingerprint density at radius 2 is 1.74 bits per heavy atom. The van der Waals surface area contributed by atoms with E-state index < -0.39 is 4.92 Å². The predicted molar refractivity (Wildman–Crippen MR) is 129 cm³/mol. The molecule has 2 heterocycles. The number of hydrogen-bond donors (Lipinski definition) is 1. The molecular weight excluding hydrogens is 436 g/mol. The number of hydrogen-bond acceptors (Lipinski definition) is 6. The number of para-hydroxylation sites is 2. The molecule has 9 heteroatoms. The maximum Gasteiger partial charge on any atom is 0.270 e. The standard InChI is InChI=1S/C25H30N4O5/c1-34-23-8-4-3-7-21(23)26-24(30)18-11-15-28(16-12-18)25(31)20-17-19(29(32)33)9-10-22(20)27-13-5-2-6-14-27/h3-4,7-10,17-18H,2,5-6,11-16H2,1H3,(H,26,30). The summed E-state index contributed by atoms with van der Waals surface area (Å²) < 4.78 is 5.30. The van der Waals surface area contributed by atoms with Crippen molar-refractivity contribution in [3.8, 4) is 5.75 Å². The highest BCUT2D eigenvalue weighted by Gasteiger charge is 2.31. The topological polar surface area (TPSA) is 105 Å². The predicted octanol–water partition coefficient (Wildman–Crippen LogP) is 4.08. The highest BCUT2D eigenvalue weighted by molar-refractivity contribution is 6.01. The first kappa shape index (κ1) is 23.5. The molecule has 2 aliphatic heterocycles. The molecule has 0 saturated carbocycles. The number of ether oxygens (including phenoxy) is 1. The van der Waals surface area contributed by atoms with E-state index in [1.54, 1.807) is 30.2 Å². The lowest BCUT2D eigenvalue weighted by Crippen LogP contribution is -2.42. The number of carbonyl (C=O) groups is 2. The molecule has 4 rings (SSSR count). The third kappa shape index (κ3) is 5.13. The fourth-order valence-electron chi connectivity index (χ4n) is 4.72. The van der Waals surface area contributed by atoms with Crippen LogP contribution in [0.4, 0.5) is 17.1 Å². The number of nitrogens with zero attached hydrogens (tertiary/aromatic N) is 3. The fourth-order valence-corrected chi connectivity index (χ4v) is 4.72. The van der Waals surface area contributed by atoms with Gasteiger partial charge in [0.25, 0.3) is 11.6 Å². The molecule has 0 aromatic heterocycles. The molecule has 2 aromatic carbocycles. The van der Waals surface area contributed by atoms with E-state index in [0.29, 0.717) is 42.9 Å². The van der Waals surface area contributed by atoms with Crippen molar-refractivity contribution in [2.75, 3.05) is 43.5 Å². The largest absolute Gasteiger partial charge is 0.495 e. The summed E-state index contributed by atoms with van der Waals surface area (Å²) in [4.78, 5) is 41.0. The highest BCUT2D eigenvalue weighted by Crippen LogP contribution is 2.31. The number of nitro benzene ring substituents is 1. The van der Waals surface area contributed by atoms with Gasteiger partial charge in [-0.3, -0.25) is 19.7 Å². The summed E-state index contributed by atoms with van der Waals surface area (Å²) in [5.41, 5.74) is 1.66. The van der Waals surface area contributed by atoms with Crippen LogP contribution in [0.5, 0.6) is 5.75 Å². The summed E-state index contributed by atoms with van der Waals surface area (Å²) >= 11 is 0. The van der Waals surface area contributed by atoms with Crippen LogP contribution >= 0.6 is 0 Å². The third-order valence-corrected chi connectivity index (χ3v) is 6.64. The summed E-state index contributed by atoms with van der Waals surface area (Å²) in [6, 6.07) is 11.8. The van der Waals surface area contributed by atoms with Crippen molar-refractivity contribution in [2.24, 2.45) is 5.92 Å². The SMILES string of the molecule is COc1ccccc1NC(=O)C1CCN(C(=O)c2cc([N+](=O)[O-])ccc2N2CCCCC2)CC1. The molecule has 2 saturated heterocycles. The maximum absolute atomic E-state index is 13.4. The molecule has 0 aliphatic carbocycles. The lowest BCUT2D eigenvalue weighted by Gasteiger charge is -2.34. The van der Waals surface area contributed by atoms with Crippen molar-refractivity contribution in [2.45, 2.75) is 32.1 Å². The molecule has 1 N–H and O–H groups in total. The van der Waals surface area contributed by atoms with Gasteiger partial charge in [-0.1, -0.05) is 12.1 Å². The first-order valence-electron chi connectivity index (χ1n) is 11.7. The maximum atomic E-state index is 13.4. The van der Waals surface area contributed by atoms with Gasteiger partial charge in [0, 0.05) is 44.2 Å². The summed E-state index contributed by atoms with van der Waals surface area (Å²) in [7, 11) is 1.56. The summed E-state index contributed by atoms with van der Waals surface area (Å²) in [6.07, 6.45) is 4.28. The van der Waals surface area contributed by atoms with Gasteiger partial charge in [0.15, 0.2) is 0 Å². The Kier molecular flexibility index (Phi) is 7.30. The van der Waals surface area contributed by atoms with E-state index in [-0.39, 0.29) is 23.4 Å². The summed E-state index contributed by atoms with van der Waals surface area (Å²) in [6.45, 7) is 2.52. The van der Waals surface area contributed by atoms with Gasteiger partial charge in [-0.2, -0.15) is 0 Å². The molecule has 34 heavy (non-hydrogen) atoms. The van der Waals surface area contributed by atoms with Crippen LogP contribution in [0.2, 0.25) is 0 Å². The first-order valence-corrected chi connectivity index (χ1v) is 11.7. The van der Waals surface area contributed by atoms with Crippen LogP contribution < -0.4 is 15.0 Å². The van der Waals surface area contributed by atoms with Gasteiger partial charge in [-0.25, -0.2) is 0 Å². The Bertz CT molecular complexity index is 1060. The minimum Gasteiger partial charge on any atom is -0.495 e. The molecule has 0 radical (unpaired) electrons. The molecule has 2 aromatic rings. The molecule has 0 spiro atoms. The third-order valence-electron chi connectivity index (χ3n) is 6.64. The zero-order valence-corrected chi connectivity index (χ0v) is 19.4. The average Bonchev–Trinajstić information content (AvgIpc) is 2.88. The Balaban J connectivity index is 1.45. The summed E-state index contributed by atoms with van der Waals surface area (Å²) in [5, 5.41) is 14.3. The molecule has 2 amide bonds. The van der Waals surface area contributed by atoms with Crippen LogP contribution in [0, 0.1) is 16.0 Å². The Morgan fingerprint density at radius 3 is 2.41 bits per heavy atom. The van der Waals surface area contributed by atoms with Crippen LogP contribution in [-0.2, 0) is 4.79 Å². The van der Waals surface area contributed by atoms with Crippen molar-refractivity contribution >= 4 is 28.9 Å². The monoisotopic (exact) mass is 466 g/mol. The van der Waals surface area contributed by atoms with Crippen LogP contribution in [-0.4, -0.2) is 54.9 Å². The average molecular weight is 467 g/mol. The van der Waals surface area contributed by atoms with E-state index in [2.05, 4.69) is 10.2 Å².